The number of carboxylic acids is 1. The molecule has 6 atom stereocenters. The van der Waals surface area contributed by atoms with E-state index in [1.165, 1.54) is 12.1 Å². The number of amides is 4. The van der Waals surface area contributed by atoms with Crippen molar-refractivity contribution in [1.29, 1.82) is 0 Å². The van der Waals surface area contributed by atoms with Gasteiger partial charge in [-0.25, -0.2) is 4.79 Å². The van der Waals surface area contributed by atoms with E-state index in [-0.39, 0.29) is 83.2 Å². The number of unbranched alkanes of at least 4 members (excludes halogenated alkanes) is 2. The van der Waals surface area contributed by atoms with Gasteiger partial charge in [-0.05, 0) is 106 Å². The maximum Gasteiger partial charge on any atom is 0.326 e. The number of nitrogens with two attached hydrogens (primary N) is 3. The Kier molecular flexibility index (Phi) is 26.8. The number of carbonyl (C=O) groups is 8. The Morgan fingerprint density at radius 3 is 1.80 bits per heavy atom. The third kappa shape index (κ3) is 21.5. The minimum absolute atomic E-state index is 0.0103. The van der Waals surface area contributed by atoms with E-state index >= 15 is 0 Å². The quantitative estimate of drug-likeness (QED) is 0.0370. The number of nitrogens with one attached hydrogen (secondary N) is 5. The number of carboxylic acid groups (broad SMARTS) is 1. The predicted molar refractivity (Wildman–Crippen MR) is 270 cm³/mol. The first-order valence-electron chi connectivity index (χ1n) is 25.0. The number of hydrogen-bond donors (Lipinski definition) is 11. The van der Waals surface area contributed by atoms with Crippen molar-refractivity contribution in [2.24, 2.45) is 35.0 Å². The number of aliphatic carboxylic acids is 1. The highest BCUT2D eigenvalue weighted by Crippen LogP contribution is 2.24. The number of H-pyrrole nitrogens is 1. The summed E-state index contributed by atoms with van der Waals surface area (Å²) in [7, 11) is 0. The van der Waals surface area contributed by atoms with E-state index in [0.717, 1.165) is 30.2 Å². The Labute approximate surface area is 416 Å². The summed E-state index contributed by atoms with van der Waals surface area (Å²) >= 11 is 0. The van der Waals surface area contributed by atoms with Gasteiger partial charge in [0.2, 0.25) is 23.6 Å². The molecular weight excluding hydrogens is 913 g/mol. The Balaban J connectivity index is 1.89. The molecule has 0 bridgehead atoms. The molecule has 2 aromatic carbocycles. The fraction of sp³-hybridized carbons (Fsp3) is 0.577. The van der Waals surface area contributed by atoms with Crippen LogP contribution in [0, 0.1) is 17.8 Å². The van der Waals surface area contributed by atoms with Gasteiger partial charge in [-0.15, -0.1) is 0 Å². The van der Waals surface area contributed by atoms with Gasteiger partial charge in [-0.1, -0.05) is 63.4 Å². The van der Waals surface area contributed by atoms with Crippen LogP contribution >= 0.6 is 0 Å². The number of fused-ring (bicyclic) bond motifs is 1. The maximum absolute atomic E-state index is 14.7. The lowest BCUT2D eigenvalue weighted by atomic mass is 9.88. The van der Waals surface area contributed by atoms with Crippen molar-refractivity contribution in [3.63, 3.8) is 0 Å². The third-order valence-corrected chi connectivity index (χ3v) is 12.5. The van der Waals surface area contributed by atoms with Crippen LogP contribution in [0.4, 0.5) is 0 Å². The van der Waals surface area contributed by atoms with Crippen molar-refractivity contribution in [1.82, 2.24) is 26.3 Å². The zero-order valence-corrected chi connectivity index (χ0v) is 41.4. The van der Waals surface area contributed by atoms with Gasteiger partial charge in [0, 0.05) is 67.5 Å². The monoisotopic (exact) mass is 991 g/mol. The fourth-order valence-corrected chi connectivity index (χ4v) is 8.38. The Morgan fingerprint density at radius 2 is 1.15 bits per heavy atom. The minimum atomic E-state index is -1.28. The molecule has 1 aromatic heterocycles. The average molecular weight is 991 g/mol. The summed E-state index contributed by atoms with van der Waals surface area (Å²) < 4.78 is 0. The molecule has 3 aromatic rings. The van der Waals surface area contributed by atoms with Gasteiger partial charge in [0.1, 0.15) is 17.8 Å². The van der Waals surface area contributed by atoms with Crippen LogP contribution in [-0.4, -0.2) is 118 Å². The van der Waals surface area contributed by atoms with Crippen LogP contribution in [0.2, 0.25) is 0 Å². The van der Waals surface area contributed by atoms with Gasteiger partial charge in [0.25, 0.3) is 0 Å². The summed E-state index contributed by atoms with van der Waals surface area (Å²) in [5, 5.41) is 41.2. The molecule has 0 fully saturated rings. The van der Waals surface area contributed by atoms with Crippen molar-refractivity contribution >= 4 is 57.9 Å². The number of ketones is 3. The third-order valence-electron chi connectivity index (χ3n) is 12.5. The molecule has 19 nitrogen and oxygen atoms in total. The number of para-hydroxylation sites is 1. The molecule has 1 heterocycles. The minimum Gasteiger partial charge on any atom is -0.508 e. The Hall–Kier alpha value is -6.02. The molecule has 0 saturated carbocycles. The van der Waals surface area contributed by atoms with Crippen LogP contribution in [-0.2, 0) is 51.2 Å². The molecule has 0 saturated heterocycles. The zero-order valence-electron chi connectivity index (χ0n) is 41.4. The van der Waals surface area contributed by atoms with Gasteiger partial charge in [-0.2, -0.15) is 0 Å². The summed E-state index contributed by atoms with van der Waals surface area (Å²) in [6.45, 7) is 4.16. The molecule has 0 aliphatic heterocycles. The van der Waals surface area contributed by atoms with E-state index in [1.54, 1.807) is 18.3 Å². The summed E-state index contributed by atoms with van der Waals surface area (Å²) in [5.41, 5.74) is 19.2. The van der Waals surface area contributed by atoms with Gasteiger partial charge in [0.15, 0.2) is 17.3 Å². The summed E-state index contributed by atoms with van der Waals surface area (Å²) in [5.74, 6) is -6.79. The van der Waals surface area contributed by atoms with Crippen molar-refractivity contribution in [2.75, 3.05) is 26.2 Å². The largest absolute Gasteiger partial charge is 0.508 e. The molecule has 0 aliphatic rings. The number of aromatic hydroxyl groups is 1. The van der Waals surface area contributed by atoms with Gasteiger partial charge < -0.3 is 58.8 Å². The van der Waals surface area contributed by atoms with Crippen molar-refractivity contribution in [3.8, 4) is 5.75 Å². The van der Waals surface area contributed by atoms with Crippen molar-refractivity contribution in [2.45, 2.75) is 147 Å². The standard InChI is InChI=1S/C52H78N8O11/c1-33(2)11-4-3-5-17-48(66)58-44(32-61)47(65)30-36(27-34-18-20-38(62)21-19-34)51(69)60-43(28-37-31-56-40-14-7-6-13-39(37)40)46(64)29-35(12-8-24-53)50(68)59-41(15-9-25-54)45(63)22-23-49(67)57-42(52(70)71)16-10-26-55/h6-7,13-14,18-21,31,33,35-36,41-44,56,61-62H,3-5,8-12,15-17,22-30,32,53-55H2,1-2H3,(H,57,67)(H,58,66)(H,59,68)(H,60,69)(H,70,71)/t35-,36-,41-,42+,43+,44+/m0/s1. The topological polar surface area (TPSA) is 339 Å². The second kappa shape index (κ2) is 32.1. The number of benzene rings is 2. The van der Waals surface area contributed by atoms with Crippen LogP contribution < -0.4 is 38.5 Å². The molecule has 0 radical (unpaired) electrons. The first-order valence-corrected chi connectivity index (χ1v) is 25.0. The molecule has 0 unspecified atom stereocenters. The summed E-state index contributed by atoms with van der Waals surface area (Å²) in [6, 6.07) is 8.68. The van der Waals surface area contributed by atoms with Crippen LogP contribution in [0.25, 0.3) is 10.9 Å². The van der Waals surface area contributed by atoms with E-state index in [1.807, 2.05) is 24.3 Å². The van der Waals surface area contributed by atoms with Crippen LogP contribution in [0.3, 0.4) is 0 Å². The molecule has 19 heteroatoms. The van der Waals surface area contributed by atoms with E-state index in [0.29, 0.717) is 42.7 Å². The number of carbonyl (C=O) groups excluding carboxylic acids is 7. The Bertz CT molecular complexity index is 2180. The molecule has 3 rings (SSSR count). The number of phenolic OH excluding ortho intramolecular Hbond substituents is 1. The smallest absolute Gasteiger partial charge is 0.326 e. The average Bonchev–Trinajstić information content (AvgIpc) is 3.75. The number of aliphatic hydroxyl groups excluding tert-OH is 1. The molecule has 4 amide bonds. The molecule has 392 valence electrons. The Morgan fingerprint density at radius 1 is 0.577 bits per heavy atom. The molecular formula is C52H78N8O11. The summed E-state index contributed by atoms with van der Waals surface area (Å²) in [4.78, 5) is 111. The van der Waals surface area contributed by atoms with E-state index in [2.05, 4.69) is 40.1 Å². The first-order chi connectivity index (χ1) is 34.0. The van der Waals surface area contributed by atoms with Gasteiger partial charge in [-0.3, -0.25) is 33.6 Å². The van der Waals surface area contributed by atoms with Gasteiger partial charge in [0.05, 0.1) is 18.7 Å². The van der Waals surface area contributed by atoms with E-state index < -0.39 is 96.0 Å². The second-order valence-corrected chi connectivity index (χ2v) is 18.8. The van der Waals surface area contributed by atoms with Crippen LogP contribution in [0.15, 0.2) is 54.7 Å². The van der Waals surface area contributed by atoms with Crippen LogP contribution in [0.1, 0.15) is 121 Å². The lowest BCUT2D eigenvalue weighted by molar-refractivity contribution is -0.142. The predicted octanol–water partition coefficient (Wildman–Crippen LogP) is 3.00. The number of hydrogen-bond acceptors (Lipinski definition) is 13. The highest BCUT2D eigenvalue weighted by molar-refractivity contribution is 5.97. The lowest BCUT2D eigenvalue weighted by Gasteiger charge is -2.26. The molecule has 0 aliphatic carbocycles. The second-order valence-electron chi connectivity index (χ2n) is 18.8. The van der Waals surface area contributed by atoms with E-state index in [4.69, 9.17) is 17.2 Å². The SMILES string of the molecule is CC(C)CCCCCC(=O)N[C@H](CO)C(=O)C[C@H](Cc1ccc(O)cc1)C(=O)N[C@H](Cc1c[nH]c2ccccc12)C(=O)C[C@H](CCCN)C(=O)N[C@@H](CCCN)C(=O)CCC(=O)N[C@H](CCCN)C(=O)O. The number of aliphatic hydroxyl groups is 1. The van der Waals surface area contributed by atoms with E-state index in [9.17, 15) is 53.7 Å². The van der Waals surface area contributed by atoms with Crippen molar-refractivity contribution in [3.05, 3.63) is 65.9 Å². The first kappa shape index (κ1) is 59.3. The maximum atomic E-state index is 14.7. The fourth-order valence-electron chi connectivity index (χ4n) is 8.38. The number of rotatable bonds is 37. The summed E-state index contributed by atoms with van der Waals surface area (Å²) in [6.07, 6.45) is 5.28. The number of aromatic amines is 1. The lowest BCUT2D eigenvalue weighted by Crippen LogP contribution is -2.49. The number of phenols is 1. The normalized spacial score (nSPS) is 13.9. The number of aromatic nitrogens is 1. The van der Waals surface area contributed by atoms with Crippen molar-refractivity contribution < 1.29 is 53.7 Å². The molecule has 71 heavy (non-hydrogen) atoms. The van der Waals surface area contributed by atoms with Crippen LogP contribution in [0.5, 0.6) is 5.75 Å². The molecule has 0 spiro atoms. The zero-order chi connectivity index (χ0) is 52.3. The van der Waals surface area contributed by atoms with Gasteiger partial charge >= 0.3 is 5.97 Å². The molecule has 14 N–H and O–H groups in total. The highest BCUT2D eigenvalue weighted by Gasteiger charge is 2.34. The number of Topliss-reactive ketones (excluding diaryl/α,β-unsaturated/α-hetero) is 3. The highest BCUT2D eigenvalue weighted by atomic mass is 16.4.